The molecule has 2 nitrogen and oxygen atoms in total. The zero-order valence-electron chi connectivity index (χ0n) is 8.40. The molecule has 1 aliphatic carbocycles. The van der Waals surface area contributed by atoms with Crippen LogP contribution in [-0.4, -0.2) is 17.3 Å². The van der Waals surface area contributed by atoms with Crippen molar-refractivity contribution >= 4 is 33.4 Å². The van der Waals surface area contributed by atoms with Crippen LogP contribution in [0.25, 0.3) is 0 Å². The van der Waals surface area contributed by atoms with E-state index in [9.17, 15) is 9.18 Å². The topological polar surface area (TPSA) is 29.1 Å². The fourth-order valence-corrected chi connectivity index (χ4v) is 2.21. The van der Waals surface area contributed by atoms with Crippen molar-refractivity contribution in [3.63, 3.8) is 0 Å². The van der Waals surface area contributed by atoms with Gasteiger partial charge in [-0.25, -0.2) is 4.39 Å². The summed E-state index contributed by atoms with van der Waals surface area (Å²) < 4.78 is 13.4. The van der Waals surface area contributed by atoms with Crippen molar-refractivity contribution in [2.75, 3.05) is 5.88 Å². The number of nitrogens with one attached hydrogen (secondary N) is 1. The molecule has 0 aliphatic heterocycles. The second kappa shape index (κ2) is 4.34. The third-order valence-electron chi connectivity index (χ3n) is 2.68. The highest BCUT2D eigenvalue weighted by molar-refractivity contribution is 9.10. The summed E-state index contributed by atoms with van der Waals surface area (Å²) in [5, 5.41) is 2.83. The maximum Gasteiger partial charge on any atom is 0.253 e. The summed E-state index contributed by atoms with van der Waals surface area (Å²) >= 11 is 8.82. The van der Waals surface area contributed by atoms with Crippen LogP contribution in [-0.2, 0) is 0 Å². The largest absolute Gasteiger partial charge is 0.345 e. The van der Waals surface area contributed by atoms with E-state index < -0.39 is 5.82 Å². The van der Waals surface area contributed by atoms with Crippen LogP contribution in [0, 0.1) is 5.82 Å². The lowest BCUT2D eigenvalue weighted by Gasteiger charge is -2.14. The monoisotopic (exact) mass is 305 g/mol. The Bertz CT molecular complexity index is 434. The second-order valence-corrected chi connectivity index (χ2v) is 5.03. The Hall–Kier alpha value is -0.610. The molecule has 16 heavy (non-hydrogen) atoms. The average Bonchev–Trinajstić information content (AvgIpc) is 3.02. The highest BCUT2D eigenvalue weighted by atomic mass is 79.9. The minimum absolute atomic E-state index is 0.192. The molecule has 1 N–H and O–H groups in total. The Morgan fingerprint density at radius 2 is 2.25 bits per heavy atom. The Kier molecular flexibility index (Phi) is 3.22. The summed E-state index contributed by atoms with van der Waals surface area (Å²) in [7, 11) is 0. The summed E-state index contributed by atoms with van der Waals surface area (Å²) in [5.41, 5.74) is 0.0288. The molecule has 5 heteroatoms. The van der Waals surface area contributed by atoms with Gasteiger partial charge in [0.2, 0.25) is 0 Å². The van der Waals surface area contributed by atoms with E-state index in [-0.39, 0.29) is 15.9 Å². The van der Waals surface area contributed by atoms with Gasteiger partial charge in [-0.05, 0) is 40.9 Å². The average molecular weight is 307 g/mol. The number of halogens is 3. The van der Waals surface area contributed by atoms with Gasteiger partial charge in [-0.2, -0.15) is 0 Å². The number of alkyl halides is 1. The fourth-order valence-electron chi connectivity index (χ4n) is 1.43. The van der Waals surface area contributed by atoms with E-state index in [1.54, 1.807) is 6.07 Å². The van der Waals surface area contributed by atoms with E-state index in [1.807, 2.05) is 0 Å². The minimum Gasteiger partial charge on any atom is -0.345 e. The third-order valence-corrected chi connectivity index (χ3v) is 4.00. The molecule has 0 aromatic heterocycles. The molecular formula is C11H10BrClFNO. The van der Waals surface area contributed by atoms with Crippen LogP contribution in [0.2, 0.25) is 0 Å². The van der Waals surface area contributed by atoms with Crippen molar-refractivity contribution in [3.05, 3.63) is 34.1 Å². The molecule has 2 rings (SSSR count). The molecule has 1 saturated carbocycles. The third kappa shape index (κ3) is 2.23. The first-order valence-corrected chi connectivity index (χ1v) is 6.23. The van der Waals surface area contributed by atoms with Crippen LogP contribution in [0.15, 0.2) is 22.7 Å². The molecule has 0 radical (unpaired) electrons. The van der Waals surface area contributed by atoms with Crippen LogP contribution in [0.3, 0.4) is 0 Å². The van der Waals surface area contributed by atoms with Crippen molar-refractivity contribution < 1.29 is 9.18 Å². The lowest BCUT2D eigenvalue weighted by Crippen LogP contribution is -2.38. The Morgan fingerprint density at radius 3 is 2.81 bits per heavy atom. The molecule has 0 spiro atoms. The first-order valence-electron chi connectivity index (χ1n) is 4.90. The Balaban J connectivity index is 2.18. The Morgan fingerprint density at radius 1 is 1.56 bits per heavy atom. The number of rotatable bonds is 3. The quantitative estimate of drug-likeness (QED) is 0.854. The molecule has 1 aliphatic rings. The molecule has 0 heterocycles. The van der Waals surface area contributed by atoms with Gasteiger partial charge in [0.05, 0.1) is 15.6 Å². The van der Waals surface area contributed by atoms with Gasteiger partial charge in [0.15, 0.2) is 0 Å². The summed E-state index contributed by atoms with van der Waals surface area (Å²) in [6, 6.07) is 4.39. The van der Waals surface area contributed by atoms with Crippen molar-refractivity contribution in [1.29, 1.82) is 0 Å². The normalized spacial score (nSPS) is 16.9. The molecule has 0 atom stereocenters. The van der Waals surface area contributed by atoms with Crippen LogP contribution in [0.4, 0.5) is 4.39 Å². The van der Waals surface area contributed by atoms with Crippen molar-refractivity contribution in [2.45, 2.75) is 18.4 Å². The van der Waals surface area contributed by atoms with Crippen LogP contribution >= 0.6 is 27.5 Å². The predicted molar refractivity (Wildman–Crippen MR) is 64.3 cm³/mol. The fraction of sp³-hybridized carbons (Fsp3) is 0.364. The number of hydrogen-bond acceptors (Lipinski definition) is 1. The first-order chi connectivity index (χ1) is 7.58. The molecule has 0 saturated heterocycles. The zero-order chi connectivity index (χ0) is 11.8. The van der Waals surface area contributed by atoms with Gasteiger partial charge >= 0.3 is 0 Å². The molecule has 1 amide bonds. The molecule has 86 valence electrons. The number of hydrogen-bond donors (Lipinski definition) is 1. The maximum absolute atomic E-state index is 13.2. The van der Waals surface area contributed by atoms with Crippen molar-refractivity contribution in [2.24, 2.45) is 0 Å². The van der Waals surface area contributed by atoms with Gasteiger partial charge in [-0.1, -0.05) is 6.07 Å². The summed E-state index contributed by atoms with van der Waals surface area (Å²) in [6.07, 6.45) is 1.77. The zero-order valence-corrected chi connectivity index (χ0v) is 10.7. The van der Waals surface area contributed by atoms with E-state index in [0.29, 0.717) is 11.4 Å². The van der Waals surface area contributed by atoms with Gasteiger partial charge in [0.1, 0.15) is 5.82 Å². The van der Waals surface area contributed by atoms with Crippen molar-refractivity contribution in [1.82, 2.24) is 5.32 Å². The first kappa shape index (κ1) is 11.9. The van der Waals surface area contributed by atoms with Gasteiger partial charge in [-0.3, -0.25) is 4.79 Å². The van der Waals surface area contributed by atoms with E-state index in [2.05, 4.69) is 21.2 Å². The summed E-state index contributed by atoms with van der Waals surface area (Å²) in [6.45, 7) is 0. The minimum atomic E-state index is -0.441. The Labute approximate surface area is 106 Å². The van der Waals surface area contributed by atoms with Crippen LogP contribution in [0.1, 0.15) is 23.2 Å². The highest BCUT2D eigenvalue weighted by Crippen LogP contribution is 2.37. The number of carbonyl (C=O) groups is 1. The molecular weight excluding hydrogens is 296 g/mol. The van der Waals surface area contributed by atoms with E-state index in [4.69, 9.17) is 11.6 Å². The van der Waals surface area contributed by atoms with E-state index >= 15 is 0 Å². The lowest BCUT2D eigenvalue weighted by molar-refractivity contribution is 0.0934. The van der Waals surface area contributed by atoms with Gasteiger partial charge in [-0.15, -0.1) is 11.6 Å². The SMILES string of the molecule is O=C(NC1(CCl)CC1)c1cccc(F)c1Br. The van der Waals surface area contributed by atoms with E-state index in [1.165, 1.54) is 12.1 Å². The molecule has 1 aromatic carbocycles. The smallest absolute Gasteiger partial charge is 0.253 e. The number of carbonyl (C=O) groups excluding carboxylic acids is 1. The second-order valence-electron chi connectivity index (χ2n) is 3.97. The van der Waals surface area contributed by atoms with Crippen LogP contribution < -0.4 is 5.32 Å². The summed E-state index contributed by atoms with van der Waals surface area (Å²) in [5.74, 6) is -0.334. The highest BCUT2D eigenvalue weighted by Gasteiger charge is 2.43. The maximum atomic E-state index is 13.2. The molecule has 0 unspecified atom stereocenters. The predicted octanol–water partition coefficient (Wildman–Crippen LogP) is 3.09. The number of amides is 1. The molecule has 1 aromatic rings. The van der Waals surface area contributed by atoms with Gasteiger partial charge in [0.25, 0.3) is 5.91 Å². The molecule has 0 bridgehead atoms. The summed E-state index contributed by atoms with van der Waals surface area (Å²) in [4.78, 5) is 11.9. The van der Waals surface area contributed by atoms with Gasteiger partial charge in [0, 0.05) is 5.88 Å². The van der Waals surface area contributed by atoms with Gasteiger partial charge < -0.3 is 5.32 Å². The lowest BCUT2D eigenvalue weighted by atomic mass is 10.2. The van der Waals surface area contributed by atoms with Crippen LogP contribution in [0.5, 0.6) is 0 Å². The van der Waals surface area contributed by atoms with Crippen molar-refractivity contribution in [3.8, 4) is 0 Å². The standard InChI is InChI=1S/C11H10BrClFNO/c12-9-7(2-1-3-8(9)14)10(16)15-11(6-13)4-5-11/h1-3H,4-6H2,(H,15,16). The number of benzene rings is 1. The van der Waals surface area contributed by atoms with E-state index in [0.717, 1.165) is 12.8 Å². The molecule has 1 fully saturated rings.